The Balaban J connectivity index is 1.14. The molecule has 1 aliphatic heterocycles. The number of rotatable bonds is 8. The van der Waals surface area contributed by atoms with E-state index < -0.39 is 0 Å². The normalized spacial score (nSPS) is 17.9. The van der Waals surface area contributed by atoms with Crippen LogP contribution in [0.2, 0.25) is 0 Å². The Kier molecular flexibility index (Phi) is 9.65. The average molecular weight is 759 g/mol. The number of benzene rings is 7. The molecule has 0 amide bonds. The summed E-state index contributed by atoms with van der Waals surface area (Å²) in [5.74, 6) is 0.929. The van der Waals surface area contributed by atoms with Crippen molar-refractivity contribution in [3.8, 4) is 33.8 Å². The van der Waals surface area contributed by atoms with Crippen LogP contribution in [-0.4, -0.2) is 21.7 Å². The van der Waals surface area contributed by atoms with Gasteiger partial charge in [0.25, 0.3) is 0 Å². The third-order valence-corrected chi connectivity index (χ3v) is 11.7. The van der Waals surface area contributed by atoms with Gasteiger partial charge in [0, 0.05) is 51.1 Å². The first-order valence-corrected chi connectivity index (χ1v) is 20.4. The molecule has 0 spiro atoms. The first-order chi connectivity index (χ1) is 29.2. The molecule has 3 atom stereocenters. The van der Waals surface area contributed by atoms with Gasteiger partial charge in [-0.05, 0) is 46.4 Å². The molecule has 4 nitrogen and oxygen atoms in total. The first kappa shape index (κ1) is 35.9. The zero-order valence-electron chi connectivity index (χ0n) is 32.5. The molecule has 0 fully saturated rings. The van der Waals surface area contributed by atoms with E-state index in [0.717, 1.165) is 73.2 Å². The van der Waals surface area contributed by atoms with E-state index in [0.29, 0.717) is 11.5 Å². The molecule has 0 radical (unpaired) electrons. The molecule has 2 aliphatic rings. The van der Waals surface area contributed by atoms with E-state index in [1.807, 2.05) is 36.4 Å². The van der Waals surface area contributed by atoms with Crippen LogP contribution in [0.4, 0.5) is 0 Å². The van der Waals surface area contributed by atoms with Gasteiger partial charge < -0.3 is 5.32 Å². The lowest BCUT2D eigenvalue weighted by Crippen LogP contribution is -2.44. The zero-order chi connectivity index (χ0) is 39.5. The molecule has 10 rings (SSSR count). The molecule has 0 saturated heterocycles. The lowest BCUT2D eigenvalue weighted by Gasteiger charge is -2.42. The van der Waals surface area contributed by atoms with Crippen molar-refractivity contribution < 1.29 is 0 Å². The van der Waals surface area contributed by atoms with Gasteiger partial charge in [-0.2, -0.15) is 0 Å². The van der Waals surface area contributed by atoms with Gasteiger partial charge in [0.05, 0.1) is 22.6 Å². The number of hydrogen-bond donors (Lipinski definition) is 2. The second kappa shape index (κ2) is 15.8. The summed E-state index contributed by atoms with van der Waals surface area (Å²) in [4.78, 5) is 10.2. The highest BCUT2D eigenvalue weighted by molar-refractivity contribution is 6.35. The molecule has 8 aromatic rings. The predicted molar refractivity (Wildman–Crippen MR) is 244 cm³/mol. The minimum Gasteiger partial charge on any atom is -0.380 e. The predicted octanol–water partition coefficient (Wildman–Crippen LogP) is 12.8. The summed E-state index contributed by atoms with van der Waals surface area (Å²) < 4.78 is 0. The van der Waals surface area contributed by atoms with Gasteiger partial charge >= 0.3 is 0 Å². The smallest absolute Gasteiger partial charge is 0.160 e. The van der Waals surface area contributed by atoms with Crippen LogP contribution in [-0.2, 0) is 0 Å². The van der Waals surface area contributed by atoms with Crippen LogP contribution < -0.4 is 5.32 Å². The van der Waals surface area contributed by atoms with Gasteiger partial charge in [-0.15, -0.1) is 0 Å². The topological polar surface area (TPSA) is 61.7 Å². The minimum absolute atomic E-state index is 0.00843. The second-order valence-corrected chi connectivity index (χ2v) is 15.3. The summed E-state index contributed by atoms with van der Waals surface area (Å²) in [6.07, 6.45) is 9.86. The molecule has 1 aliphatic carbocycles. The van der Waals surface area contributed by atoms with Gasteiger partial charge in [0.2, 0.25) is 0 Å². The lowest BCUT2D eigenvalue weighted by molar-refractivity contribution is 0.407. The fraction of sp³-hybridized carbons (Fsp3) is 0.0727. The number of allylic oxidation sites excluding steroid dienone is 4. The van der Waals surface area contributed by atoms with E-state index in [4.69, 9.17) is 9.97 Å². The number of hydrogen-bond acceptors (Lipinski definition) is 4. The molecule has 0 bridgehead atoms. The summed E-state index contributed by atoms with van der Waals surface area (Å²) in [5, 5.41) is 15.1. The highest BCUT2D eigenvalue weighted by atomic mass is 15.0. The summed E-state index contributed by atoms with van der Waals surface area (Å²) in [7, 11) is 0. The van der Waals surface area contributed by atoms with Crippen molar-refractivity contribution >= 4 is 27.9 Å². The van der Waals surface area contributed by atoms with Crippen molar-refractivity contribution in [2.45, 2.75) is 18.4 Å². The van der Waals surface area contributed by atoms with Crippen molar-refractivity contribution in [3.05, 3.63) is 240 Å². The van der Waals surface area contributed by atoms with Gasteiger partial charge in [-0.3, -0.25) is 5.41 Å². The van der Waals surface area contributed by atoms with Crippen LogP contribution in [0.15, 0.2) is 212 Å². The fourth-order valence-corrected chi connectivity index (χ4v) is 8.85. The quantitative estimate of drug-likeness (QED) is 0.152. The van der Waals surface area contributed by atoms with Gasteiger partial charge in [-0.25, -0.2) is 9.97 Å². The van der Waals surface area contributed by atoms with Crippen molar-refractivity contribution in [2.75, 3.05) is 0 Å². The average Bonchev–Trinajstić information content (AvgIpc) is 3.32. The minimum atomic E-state index is -0.00894. The highest BCUT2D eigenvalue weighted by Crippen LogP contribution is 2.45. The van der Waals surface area contributed by atoms with E-state index in [1.165, 1.54) is 11.1 Å². The summed E-state index contributed by atoms with van der Waals surface area (Å²) >= 11 is 0. The molecule has 3 unspecified atom stereocenters. The SMILES string of the molecule is N=C(/C(=C1\NC(C2C=CC=CC2)C(c2cccc(-c3nc(-c4ccccc4)nc4ccccc34)c2)c2ccccc21)c1ccccc1)c1ccc(-c2ccccc2)cc1. The molecule has 2 N–H and O–H groups in total. The Morgan fingerprint density at radius 3 is 1.98 bits per heavy atom. The van der Waals surface area contributed by atoms with Crippen LogP contribution in [0.25, 0.3) is 55.9 Å². The van der Waals surface area contributed by atoms with E-state index in [-0.39, 0.29) is 17.9 Å². The third-order valence-electron chi connectivity index (χ3n) is 11.7. The van der Waals surface area contributed by atoms with Crippen LogP contribution in [0.1, 0.15) is 40.2 Å². The molecule has 2 heterocycles. The summed E-state index contributed by atoms with van der Waals surface area (Å²) in [6.45, 7) is 0. The maximum Gasteiger partial charge on any atom is 0.160 e. The maximum absolute atomic E-state index is 9.94. The van der Waals surface area contributed by atoms with Crippen molar-refractivity contribution in [2.24, 2.45) is 5.92 Å². The molecule has 7 aromatic carbocycles. The van der Waals surface area contributed by atoms with Crippen LogP contribution in [0.3, 0.4) is 0 Å². The van der Waals surface area contributed by atoms with Gasteiger partial charge in [0.15, 0.2) is 5.82 Å². The van der Waals surface area contributed by atoms with Crippen molar-refractivity contribution in [3.63, 3.8) is 0 Å². The molecule has 0 saturated carbocycles. The molecule has 59 heavy (non-hydrogen) atoms. The second-order valence-electron chi connectivity index (χ2n) is 15.3. The number of aromatic nitrogens is 2. The maximum atomic E-state index is 9.94. The first-order valence-electron chi connectivity index (χ1n) is 20.4. The molecule has 1 aromatic heterocycles. The fourth-order valence-electron chi connectivity index (χ4n) is 8.85. The Morgan fingerprint density at radius 1 is 0.559 bits per heavy atom. The molecular weight excluding hydrogens is 717 g/mol. The number of fused-ring (bicyclic) bond motifs is 2. The van der Waals surface area contributed by atoms with Crippen LogP contribution in [0.5, 0.6) is 0 Å². The van der Waals surface area contributed by atoms with Gasteiger partial charge in [0.1, 0.15) is 0 Å². The van der Waals surface area contributed by atoms with Crippen LogP contribution >= 0.6 is 0 Å². The van der Waals surface area contributed by atoms with E-state index in [9.17, 15) is 5.41 Å². The zero-order valence-corrected chi connectivity index (χ0v) is 32.5. The highest BCUT2D eigenvalue weighted by Gasteiger charge is 2.38. The lowest BCUT2D eigenvalue weighted by atomic mass is 9.71. The molecule has 4 heteroatoms. The number of para-hydroxylation sites is 1. The summed E-state index contributed by atoms with van der Waals surface area (Å²) in [6, 6.07) is 65.5. The van der Waals surface area contributed by atoms with Crippen molar-refractivity contribution in [1.82, 2.24) is 15.3 Å². The van der Waals surface area contributed by atoms with Crippen molar-refractivity contribution in [1.29, 1.82) is 5.41 Å². The largest absolute Gasteiger partial charge is 0.380 e. The standard InChI is InChI=1S/C55H42N4/c56-51(40-34-32-38(33-35-40)37-18-5-1-6-19-37)50(39-20-7-2-8-21-39)54-46-29-14-13-28-45(46)49(53(58-54)41-22-9-3-10-23-41)43-26-17-27-44(36-43)52-47-30-15-16-31-48(47)57-55(59-52)42-24-11-4-12-25-42/h1-22,24-36,41,49,53,56,58H,23H2/b54-50-,56-51?. The Labute approximate surface area is 345 Å². The number of nitrogens with zero attached hydrogens (tertiary/aromatic N) is 2. The van der Waals surface area contributed by atoms with E-state index in [2.05, 4.69) is 181 Å². The van der Waals surface area contributed by atoms with Crippen LogP contribution in [0, 0.1) is 11.3 Å². The van der Waals surface area contributed by atoms with Gasteiger partial charge in [-0.1, -0.05) is 200 Å². The molecular formula is C55H42N4. The van der Waals surface area contributed by atoms with E-state index in [1.54, 1.807) is 0 Å². The number of nitrogens with one attached hydrogen (secondary N) is 2. The Bertz CT molecular complexity index is 2890. The van der Waals surface area contributed by atoms with E-state index >= 15 is 0 Å². The monoisotopic (exact) mass is 758 g/mol. The summed E-state index contributed by atoms with van der Waals surface area (Å²) in [5.41, 5.74) is 14.0. The Hall–Kier alpha value is -7.43. The third kappa shape index (κ3) is 7.00. The Morgan fingerprint density at radius 2 is 1.22 bits per heavy atom. The molecule has 282 valence electrons.